The highest BCUT2D eigenvalue weighted by Gasteiger charge is 2.53. The number of rotatable bonds is 4. The van der Waals surface area contributed by atoms with Gasteiger partial charge in [-0.05, 0) is 11.8 Å². The van der Waals surface area contributed by atoms with E-state index in [0.717, 1.165) is 0 Å². The highest BCUT2D eigenvalue weighted by molar-refractivity contribution is 6.00. The van der Waals surface area contributed by atoms with E-state index in [-0.39, 0.29) is 11.8 Å². The summed E-state index contributed by atoms with van der Waals surface area (Å²) in [6.07, 6.45) is 0. The van der Waals surface area contributed by atoms with Gasteiger partial charge >= 0.3 is 11.9 Å². The minimum Gasteiger partial charge on any atom is -0.468 e. The van der Waals surface area contributed by atoms with Gasteiger partial charge in [0.1, 0.15) is 0 Å². The molecule has 4 heteroatoms. The van der Waals surface area contributed by atoms with Gasteiger partial charge in [-0.1, -0.05) is 27.7 Å². The van der Waals surface area contributed by atoms with Crippen molar-refractivity contribution in [3.63, 3.8) is 0 Å². The van der Waals surface area contributed by atoms with Gasteiger partial charge in [-0.3, -0.25) is 9.59 Å². The lowest BCUT2D eigenvalue weighted by Gasteiger charge is -2.35. The Hall–Kier alpha value is -1.06. The first-order valence-electron chi connectivity index (χ1n) is 5.02. The summed E-state index contributed by atoms with van der Waals surface area (Å²) in [7, 11) is 2.57. The Balaban J connectivity index is 5.47. The lowest BCUT2D eigenvalue weighted by atomic mass is 9.69. The van der Waals surface area contributed by atoms with Crippen molar-refractivity contribution in [3.8, 4) is 0 Å². The molecule has 0 amide bonds. The van der Waals surface area contributed by atoms with Crippen LogP contribution in [0.5, 0.6) is 0 Å². The lowest BCUT2D eigenvalue weighted by Crippen LogP contribution is -2.49. The van der Waals surface area contributed by atoms with Crippen molar-refractivity contribution in [3.05, 3.63) is 0 Å². The third-order valence-electron chi connectivity index (χ3n) is 2.87. The van der Waals surface area contributed by atoms with E-state index in [1.807, 2.05) is 27.7 Å². The Morgan fingerprint density at radius 2 is 1.13 bits per heavy atom. The topological polar surface area (TPSA) is 52.6 Å². The average Bonchev–Trinajstić information content (AvgIpc) is 2.16. The first-order valence-corrected chi connectivity index (χ1v) is 5.02. The Kier molecular flexibility index (Phi) is 4.78. The van der Waals surface area contributed by atoms with Crippen molar-refractivity contribution in [1.29, 1.82) is 0 Å². The predicted molar refractivity (Wildman–Crippen MR) is 56.1 cm³/mol. The minimum atomic E-state index is -1.20. The van der Waals surface area contributed by atoms with Crippen LogP contribution in [-0.2, 0) is 19.1 Å². The molecule has 0 saturated heterocycles. The largest absolute Gasteiger partial charge is 0.468 e. The molecular formula is C11H20O4. The standard InChI is InChI=1S/C11H20O4/c1-7(2)11(8(3)4,9(12)14-5)10(13)15-6/h7-8H,1-6H3. The normalized spacial score (nSPS) is 11.7. The van der Waals surface area contributed by atoms with E-state index in [1.165, 1.54) is 14.2 Å². The van der Waals surface area contributed by atoms with Gasteiger partial charge in [-0.2, -0.15) is 0 Å². The smallest absolute Gasteiger partial charge is 0.323 e. The molecule has 0 fully saturated rings. The zero-order valence-corrected chi connectivity index (χ0v) is 10.3. The van der Waals surface area contributed by atoms with Crippen LogP contribution in [0.15, 0.2) is 0 Å². The van der Waals surface area contributed by atoms with Gasteiger partial charge in [0.15, 0.2) is 5.41 Å². The number of hydrogen-bond donors (Lipinski definition) is 0. The Labute approximate surface area is 90.9 Å². The van der Waals surface area contributed by atoms with E-state index in [4.69, 9.17) is 9.47 Å². The van der Waals surface area contributed by atoms with E-state index in [2.05, 4.69) is 0 Å². The quantitative estimate of drug-likeness (QED) is 0.529. The van der Waals surface area contributed by atoms with Crippen LogP contribution in [-0.4, -0.2) is 26.2 Å². The third kappa shape index (κ3) is 2.13. The summed E-state index contributed by atoms with van der Waals surface area (Å²) < 4.78 is 9.44. The van der Waals surface area contributed by atoms with Crippen LogP contribution < -0.4 is 0 Å². The molecule has 0 spiro atoms. The van der Waals surface area contributed by atoms with Crippen LogP contribution in [0.25, 0.3) is 0 Å². The average molecular weight is 216 g/mol. The molecular weight excluding hydrogens is 196 g/mol. The maximum atomic E-state index is 11.8. The van der Waals surface area contributed by atoms with Crippen molar-refractivity contribution < 1.29 is 19.1 Å². The van der Waals surface area contributed by atoms with E-state index < -0.39 is 17.4 Å². The molecule has 0 aromatic heterocycles. The number of ether oxygens (including phenoxy) is 2. The molecule has 0 aliphatic carbocycles. The fraction of sp³-hybridized carbons (Fsp3) is 0.818. The number of hydrogen-bond acceptors (Lipinski definition) is 4. The van der Waals surface area contributed by atoms with Gasteiger partial charge in [0.2, 0.25) is 0 Å². The molecule has 0 atom stereocenters. The molecule has 0 bridgehead atoms. The van der Waals surface area contributed by atoms with Gasteiger partial charge < -0.3 is 9.47 Å². The zero-order chi connectivity index (χ0) is 12.2. The number of esters is 2. The zero-order valence-electron chi connectivity index (χ0n) is 10.3. The fourth-order valence-corrected chi connectivity index (χ4v) is 2.03. The highest BCUT2D eigenvalue weighted by Crippen LogP contribution is 2.38. The monoisotopic (exact) mass is 216 g/mol. The Morgan fingerprint density at radius 1 is 0.867 bits per heavy atom. The van der Waals surface area contributed by atoms with E-state index in [9.17, 15) is 9.59 Å². The molecule has 0 heterocycles. The first kappa shape index (κ1) is 13.9. The Morgan fingerprint density at radius 3 is 1.27 bits per heavy atom. The van der Waals surface area contributed by atoms with Gasteiger partial charge in [0.25, 0.3) is 0 Å². The second kappa shape index (κ2) is 5.14. The molecule has 0 unspecified atom stereocenters. The van der Waals surface area contributed by atoms with Crippen LogP contribution in [0.4, 0.5) is 0 Å². The number of carbonyl (C=O) groups is 2. The molecule has 0 rings (SSSR count). The molecule has 0 saturated carbocycles. The lowest BCUT2D eigenvalue weighted by molar-refractivity contribution is -0.177. The van der Waals surface area contributed by atoms with Crippen molar-refractivity contribution in [2.24, 2.45) is 17.3 Å². The summed E-state index contributed by atoms with van der Waals surface area (Å²) in [6, 6.07) is 0. The maximum absolute atomic E-state index is 11.8. The second-order valence-electron chi connectivity index (χ2n) is 4.16. The molecule has 0 aromatic rings. The van der Waals surface area contributed by atoms with Crippen molar-refractivity contribution in [1.82, 2.24) is 0 Å². The summed E-state index contributed by atoms with van der Waals surface area (Å²) in [4.78, 5) is 23.6. The third-order valence-corrected chi connectivity index (χ3v) is 2.87. The summed E-state index contributed by atoms with van der Waals surface area (Å²) in [5.41, 5.74) is -1.20. The van der Waals surface area contributed by atoms with E-state index >= 15 is 0 Å². The number of methoxy groups -OCH3 is 2. The van der Waals surface area contributed by atoms with Gasteiger partial charge in [-0.25, -0.2) is 0 Å². The molecule has 0 aliphatic rings. The molecule has 15 heavy (non-hydrogen) atoms. The summed E-state index contributed by atoms with van der Waals surface area (Å²) in [6.45, 7) is 7.25. The number of carbonyl (C=O) groups excluding carboxylic acids is 2. The second-order valence-corrected chi connectivity index (χ2v) is 4.16. The van der Waals surface area contributed by atoms with Crippen LogP contribution in [0, 0.1) is 17.3 Å². The van der Waals surface area contributed by atoms with Gasteiger partial charge in [0, 0.05) is 0 Å². The SMILES string of the molecule is COC(=O)C(C(=O)OC)(C(C)C)C(C)C. The van der Waals surface area contributed by atoms with Crippen LogP contribution in [0.3, 0.4) is 0 Å². The van der Waals surface area contributed by atoms with Crippen molar-refractivity contribution >= 4 is 11.9 Å². The predicted octanol–water partition coefficient (Wildman–Crippen LogP) is 1.63. The van der Waals surface area contributed by atoms with E-state index in [0.29, 0.717) is 0 Å². The summed E-state index contributed by atoms with van der Waals surface area (Å²) >= 11 is 0. The Bertz CT molecular complexity index is 217. The summed E-state index contributed by atoms with van der Waals surface area (Å²) in [5.74, 6) is -1.39. The van der Waals surface area contributed by atoms with Crippen LogP contribution in [0.1, 0.15) is 27.7 Å². The van der Waals surface area contributed by atoms with Gasteiger partial charge in [-0.15, -0.1) is 0 Å². The minimum absolute atomic E-state index is 0.169. The molecule has 0 aromatic carbocycles. The molecule has 0 N–H and O–H groups in total. The van der Waals surface area contributed by atoms with Crippen LogP contribution in [0.2, 0.25) is 0 Å². The van der Waals surface area contributed by atoms with Crippen molar-refractivity contribution in [2.45, 2.75) is 27.7 Å². The highest BCUT2D eigenvalue weighted by atomic mass is 16.5. The molecule has 88 valence electrons. The molecule has 0 aliphatic heterocycles. The molecule has 4 nitrogen and oxygen atoms in total. The van der Waals surface area contributed by atoms with Crippen molar-refractivity contribution in [2.75, 3.05) is 14.2 Å². The van der Waals surface area contributed by atoms with Crippen LogP contribution >= 0.6 is 0 Å². The van der Waals surface area contributed by atoms with E-state index in [1.54, 1.807) is 0 Å². The van der Waals surface area contributed by atoms with Gasteiger partial charge in [0.05, 0.1) is 14.2 Å². The fourth-order valence-electron chi connectivity index (χ4n) is 2.03. The maximum Gasteiger partial charge on any atom is 0.323 e. The first-order chi connectivity index (χ1) is 6.85. The molecule has 0 radical (unpaired) electrons. The summed E-state index contributed by atoms with van der Waals surface area (Å²) in [5, 5.41) is 0.